The molecular weight excluding hydrogens is 514 g/mol. The average molecular weight is 542 g/mol. The number of hydrogen-bond acceptors (Lipinski definition) is 10. The van der Waals surface area contributed by atoms with Gasteiger partial charge in [-0.25, -0.2) is 23.0 Å². The summed E-state index contributed by atoms with van der Waals surface area (Å²) in [6.07, 6.45) is 1.73. The van der Waals surface area contributed by atoms with Gasteiger partial charge < -0.3 is 24.6 Å². The molecule has 1 fully saturated rings. The van der Waals surface area contributed by atoms with Crippen molar-refractivity contribution in [3.05, 3.63) is 23.1 Å². The Morgan fingerprint density at radius 3 is 2.53 bits per heavy atom. The van der Waals surface area contributed by atoms with Crippen LogP contribution in [-0.4, -0.2) is 82.1 Å². The van der Waals surface area contributed by atoms with Gasteiger partial charge in [-0.2, -0.15) is 0 Å². The summed E-state index contributed by atoms with van der Waals surface area (Å²) in [7, 11) is -3.65. The number of aliphatic hydroxyl groups is 1. The third-order valence-corrected chi connectivity index (χ3v) is 8.77. The number of rotatable bonds is 8. The van der Waals surface area contributed by atoms with E-state index in [9.17, 15) is 33.0 Å². The number of thiazole rings is 1. The molecule has 0 aromatic carbocycles. The summed E-state index contributed by atoms with van der Waals surface area (Å²) in [5.74, 6) is -2.71. The highest BCUT2D eigenvalue weighted by Gasteiger charge is 2.66. The second kappa shape index (κ2) is 8.85. The fourth-order valence-electron chi connectivity index (χ4n) is 5.05. The molecule has 0 bridgehead atoms. The molecule has 4 heterocycles. The van der Waals surface area contributed by atoms with E-state index in [1.807, 2.05) is 0 Å². The molecule has 196 valence electrons. The first-order chi connectivity index (χ1) is 16.7. The number of imidazole rings is 1. The number of amides is 1. The number of ether oxygens (including phenoxy) is 2. The number of aliphatic carboxylic acids is 1. The molecule has 0 spiro atoms. The highest BCUT2D eigenvalue weighted by atomic mass is 32.2. The number of aromatic nitrogens is 2. The normalized spacial score (nSPS) is 24.8. The van der Waals surface area contributed by atoms with Crippen LogP contribution in [0.15, 0.2) is 23.2 Å². The number of carbonyl (C=O) groups is 3. The molecule has 1 saturated heterocycles. The first-order valence-corrected chi connectivity index (χ1v) is 13.9. The summed E-state index contributed by atoms with van der Waals surface area (Å²) in [5.41, 5.74) is -0.999. The number of β-lactam (4-membered cyclic amide) rings is 1. The molecule has 2 aromatic heterocycles. The molecule has 1 amide bonds. The third kappa shape index (κ3) is 4.06. The van der Waals surface area contributed by atoms with Crippen LogP contribution in [0.1, 0.15) is 39.0 Å². The van der Waals surface area contributed by atoms with Crippen molar-refractivity contribution < 1.29 is 42.5 Å². The van der Waals surface area contributed by atoms with Crippen molar-refractivity contribution in [1.29, 1.82) is 0 Å². The van der Waals surface area contributed by atoms with Crippen molar-refractivity contribution in [2.75, 3.05) is 12.9 Å². The minimum Gasteiger partial charge on any atom is -0.477 e. The number of carboxylic acid groups (broad SMARTS) is 1. The van der Waals surface area contributed by atoms with E-state index in [0.29, 0.717) is 15.3 Å². The van der Waals surface area contributed by atoms with Crippen LogP contribution in [0.25, 0.3) is 10.4 Å². The van der Waals surface area contributed by atoms with Gasteiger partial charge in [0.05, 0.1) is 35.7 Å². The Morgan fingerprint density at radius 2 is 1.97 bits per heavy atom. The molecule has 4 rings (SSSR count). The average Bonchev–Trinajstić information content (AvgIpc) is 3.35. The number of nitrogens with zero attached hydrogens (tertiary/aromatic N) is 3. The summed E-state index contributed by atoms with van der Waals surface area (Å²) in [6, 6.07) is -0.704. The van der Waals surface area contributed by atoms with Crippen LogP contribution in [0, 0.1) is 11.3 Å². The van der Waals surface area contributed by atoms with Crippen molar-refractivity contribution in [3.63, 3.8) is 0 Å². The Kier molecular flexibility index (Phi) is 6.42. The molecule has 0 saturated carbocycles. The van der Waals surface area contributed by atoms with Gasteiger partial charge in [-0.3, -0.25) is 9.20 Å². The molecule has 14 heteroatoms. The number of aliphatic hydroxyl groups excluding tert-OH is 1. The Hall–Kier alpha value is -2.97. The van der Waals surface area contributed by atoms with Crippen LogP contribution in [0.4, 0.5) is 4.79 Å². The second-order valence-electron chi connectivity index (χ2n) is 9.51. The Bertz CT molecular complexity index is 1390. The highest BCUT2D eigenvalue weighted by molar-refractivity contribution is 7.91. The third-order valence-electron chi connectivity index (χ3n) is 6.52. The van der Waals surface area contributed by atoms with Gasteiger partial charge in [-0.1, -0.05) is 6.92 Å². The zero-order valence-corrected chi connectivity index (χ0v) is 21.9. The van der Waals surface area contributed by atoms with Gasteiger partial charge in [0.1, 0.15) is 16.9 Å². The monoisotopic (exact) mass is 541 g/mol. The van der Waals surface area contributed by atoms with E-state index in [0.717, 1.165) is 17.6 Å². The van der Waals surface area contributed by atoms with Gasteiger partial charge in [0, 0.05) is 23.4 Å². The van der Waals surface area contributed by atoms with Gasteiger partial charge in [0.15, 0.2) is 14.9 Å². The zero-order chi connectivity index (χ0) is 26.7. The zero-order valence-electron chi connectivity index (χ0n) is 20.3. The van der Waals surface area contributed by atoms with Crippen LogP contribution in [-0.2, 0) is 28.9 Å². The molecule has 0 radical (unpaired) electrons. The molecule has 12 nitrogen and oxygen atoms in total. The predicted octanol–water partition coefficient (Wildman–Crippen LogP) is 1.77. The lowest BCUT2D eigenvalue weighted by atomic mass is 9.66. The number of hydrogen-bond donors (Lipinski definition) is 2. The van der Waals surface area contributed by atoms with Crippen LogP contribution in [0.3, 0.4) is 0 Å². The van der Waals surface area contributed by atoms with Gasteiger partial charge >= 0.3 is 12.1 Å². The van der Waals surface area contributed by atoms with Crippen LogP contribution in [0.5, 0.6) is 0 Å². The summed E-state index contributed by atoms with van der Waals surface area (Å²) >= 11 is 1.04. The predicted molar refractivity (Wildman–Crippen MR) is 127 cm³/mol. The van der Waals surface area contributed by atoms with Crippen LogP contribution in [0.2, 0.25) is 0 Å². The van der Waals surface area contributed by atoms with Gasteiger partial charge in [0.2, 0.25) is 5.91 Å². The maximum Gasteiger partial charge on any atom is 0.508 e. The van der Waals surface area contributed by atoms with E-state index in [4.69, 9.17) is 9.47 Å². The van der Waals surface area contributed by atoms with E-state index in [1.54, 1.807) is 27.0 Å². The summed E-state index contributed by atoms with van der Waals surface area (Å²) in [5, 5.41) is 20.3. The highest BCUT2D eigenvalue weighted by Crippen LogP contribution is 2.60. The SMILES string of the molecule is CC(C)OC(=O)OCC[C@@]1(C)C(c2cn3cnc(S(C)(=O)=O)c3s2)=C(C(=O)O)N2C(=O)[C@H]([C@@H](C)O)[C@@H]21. The molecule has 2 aromatic rings. The largest absolute Gasteiger partial charge is 0.508 e. The quantitative estimate of drug-likeness (QED) is 0.372. The minimum atomic E-state index is -3.65. The summed E-state index contributed by atoms with van der Waals surface area (Å²) < 4.78 is 36.1. The van der Waals surface area contributed by atoms with Crippen molar-refractivity contribution in [1.82, 2.24) is 14.3 Å². The van der Waals surface area contributed by atoms with E-state index < -0.39 is 51.3 Å². The van der Waals surface area contributed by atoms with E-state index in [-0.39, 0.29) is 29.9 Å². The molecule has 2 N–H and O–H groups in total. The lowest BCUT2D eigenvalue weighted by Crippen LogP contribution is -2.66. The number of carbonyl (C=O) groups excluding carboxylic acids is 2. The topological polar surface area (TPSA) is 165 Å². The summed E-state index contributed by atoms with van der Waals surface area (Å²) in [4.78, 5) is 43.2. The molecule has 2 aliphatic heterocycles. The minimum absolute atomic E-state index is 0.119. The van der Waals surface area contributed by atoms with Crippen molar-refractivity contribution in [2.24, 2.45) is 11.3 Å². The van der Waals surface area contributed by atoms with Crippen molar-refractivity contribution >= 4 is 49.6 Å². The van der Waals surface area contributed by atoms with Gasteiger partial charge in [0.25, 0.3) is 0 Å². The van der Waals surface area contributed by atoms with Crippen LogP contribution < -0.4 is 0 Å². The number of sulfone groups is 1. The smallest absolute Gasteiger partial charge is 0.477 e. The van der Waals surface area contributed by atoms with Gasteiger partial charge in [-0.05, 0) is 27.2 Å². The molecule has 36 heavy (non-hydrogen) atoms. The fraction of sp³-hybridized carbons (Fsp3) is 0.545. The van der Waals surface area contributed by atoms with Gasteiger partial charge in [-0.15, -0.1) is 11.3 Å². The lowest BCUT2D eigenvalue weighted by molar-refractivity contribution is -0.167. The Balaban J connectivity index is 1.82. The fourth-order valence-corrected chi connectivity index (χ4v) is 7.44. The first kappa shape index (κ1) is 26.1. The second-order valence-corrected chi connectivity index (χ2v) is 12.5. The molecular formula is C22H27N3O9S2. The maximum atomic E-state index is 12.9. The number of carboxylic acids is 1. The van der Waals surface area contributed by atoms with E-state index >= 15 is 0 Å². The van der Waals surface area contributed by atoms with E-state index in [2.05, 4.69) is 4.98 Å². The molecule has 0 unspecified atom stereocenters. The molecule has 4 atom stereocenters. The van der Waals surface area contributed by atoms with Crippen LogP contribution >= 0.6 is 11.3 Å². The Labute approximate surface area is 211 Å². The first-order valence-electron chi connectivity index (χ1n) is 11.2. The Morgan fingerprint density at radius 1 is 1.31 bits per heavy atom. The van der Waals surface area contributed by atoms with Crippen molar-refractivity contribution in [3.8, 4) is 0 Å². The lowest BCUT2D eigenvalue weighted by Gasteiger charge is -2.50. The number of fused-ring (bicyclic) bond motifs is 2. The maximum absolute atomic E-state index is 12.9. The van der Waals surface area contributed by atoms with Crippen molar-refractivity contribution in [2.45, 2.75) is 57.4 Å². The standard InChI is InChI=1S/C22H27N3O9S2/c1-10(2)34-21(30)33-7-6-22(4)14(12-8-24-9-23-17(19(24)35-12)36(5,31)32)15(20(28)29)25-16(22)13(11(3)26)18(25)27/h8-11,13,16,26H,6-7H2,1-5H3,(H,28,29)/t11-,13-,16-,22+/m1/s1. The molecule has 2 aliphatic rings. The molecule has 0 aliphatic carbocycles. The summed E-state index contributed by atoms with van der Waals surface area (Å²) in [6.45, 7) is 6.42. The van der Waals surface area contributed by atoms with E-state index in [1.165, 1.54) is 22.6 Å².